The first-order valence-electron chi connectivity index (χ1n) is 4.09. The predicted octanol–water partition coefficient (Wildman–Crippen LogP) is 3.19. The number of phenols is 1. The molecule has 0 aromatic heterocycles. The number of halogens is 4. The molecule has 0 radical (unpaired) electrons. The fraction of sp³-hybridized carbons (Fsp3) is 0.333. The van der Waals surface area contributed by atoms with Crippen LogP contribution < -0.4 is 5.73 Å². The van der Waals surface area contributed by atoms with Gasteiger partial charge < -0.3 is 10.8 Å². The minimum atomic E-state index is -4.51. The van der Waals surface area contributed by atoms with Gasteiger partial charge in [0, 0.05) is 11.6 Å². The number of phenolic OH excluding ortho intramolecular Hbond substituents is 1. The SMILES string of the molecule is C[C@H](N)c1c(C(F)(F)F)ccc(Br)c1O. The number of hydrogen-bond acceptors (Lipinski definition) is 2. The molecular weight excluding hydrogens is 275 g/mol. The molecule has 1 aromatic carbocycles. The van der Waals surface area contributed by atoms with Crippen LogP contribution in [0.1, 0.15) is 24.1 Å². The van der Waals surface area contributed by atoms with Gasteiger partial charge in [0.1, 0.15) is 5.75 Å². The summed E-state index contributed by atoms with van der Waals surface area (Å²) in [7, 11) is 0. The minimum absolute atomic E-state index is 0.197. The summed E-state index contributed by atoms with van der Waals surface area (Å²) < 4.78 is 37.8. The summed E-state index contributed by atoms with van der Waals surface area (Å²) in [6.07, 6.45) is -4.51. The first-order valence-corrected chi connectivity index (χ1v) is 4.88. The Balaban J connectivity index is 3.47. The molecule has 84 valence electrons. The molecule has 0 aliphatic carbocycles. The number of alkyl halides is 3. The summed E-state index contributed by atoms with van der Waals surface area (Å²) in [4.78, 5) is 0. The number of benzene rings is 1. The van der Waals surface area contributed by atoms with Gasteiger partial charge in [-0.15, -0.1) is 0 Å². The lowest BCUT2D eigenvalue weighted by Gasteiger charge is -2.17. The van der Waals surface area contributed by atoms with Gasteiger partial charge in [-0.3, -0.25) is 0 Å². The predicted molar refractivity (Wildman–Crippen MR) is 53.4 cm³/mol. The first-order chi connectivity index (χ1) is 6.75. The van der Waals surface area contributed by atoms with Gasteiger partial charge in [0.15, 0.2) is 0 Å². The summed E-state index contributed by atoms with van der Waals surface area (Å²) in [5, 5.41) is 9.49. The Kier molecular flexibility index (Phi) is 3.30. The Morgan fingerprint density at radius 1 is 1.40 bits per heavy atom. The van der Waals surface area contributed by atoms with Crippen molar-refractivity contribution in [1.29, 1.82) is 0 Å². The van der Waals surface area contributed by atoms with Crippen LogP contribution in [0, 0.1) is 0 Å². The molecule has 6 heteroatoms. The normalized spacial score (nSPS) is 14.0. The summed E-state index contributed by atoms with van der Waals surface area (Å²) >= 11 is 2.94. The molecular formula is C9H9BrF3NO. The molecule has 3 N–H and O–H groups in total. The van der Waals surface area contributed by atoms with Crippen molar-refractivity contribution in [1.82, 2.24) is 0 Å². The second kappa shape index (κ2) is 4.02. The van der Waals surface area contributed by atoms with Gasteiger partial charge >= 0.3 is 6.18 Å². The fourth-order valence-electron chi connectivity index (χ4n) is 1.29. The van der Waals surface area contributed by atoms with Crippen molar-refractivity contribution in [2.75, 3.05) is 0 Å². The molecule has 1 aromatic rings. The molecule has 0 heterocycles. The lowest BCUT2D eigenvalue weighted by atomic mass is 10.0. The van der Waals surface area contributed by atoms with Gasteiger partial charge in [-0.05, 0) is 35.0 Å². The minimum Gasteiger partial charge on any atom is -0.506 e. The summed E-state index contributed by atoms with van der Waals surface area (Å²) in [5.41, 5.74) is 4.20. The Labute approximate surface area is 93.0 Å². The molecule has 0 amide bonds. The molecule has 2 nitrogen and oxygen atoms in total. The Morgan fingerprint density at radius 2 is 1.93 bits per heavy atom. The molecule has 15 heavy (non-hydrogen) atoms. The maximum Gasteiger partial charge on any atom is 0.416 e. The maximum absolute atomic E-state index is 12.5. The molecule has 1 rings (SSSR count). The highest BCUT2D eigenvalue weighted by Crippen LogP contribution is 2.41. The van der Waals surface area contributed by atoms with Crippen molar-refractivity contribution in [3.63, 3.8) is 0 Å². The lowest BCUT2D eigenvalue weighted by molar-refractivity contribution is -0.138. The van der Waals surface area contributed by atoms with E-state index in [2.05, 4.69) is 15.9 Å². The number of hydrogen-bond donors (Lipinski definition) is 2. The average Bonchev–Trinajstić information content (AvgIpc) is 2.06. The van der Waals surface area contributed by atoms with Gasteiger partial charge in [-0.1, -0.05) is 0 Å². The zero-order valence-corrected chi connectivity index (χ0v) is 9.35. The third kappa shape index (κ3) is 2.43. The highest BCUT2D eigenvalue weighted by Gasteiger charge is 2.35. The fourth-order valence-corrected chi connectivity index (χ4v) is 1.64. The van der Waals surface area contributed by atoms with E-state index in [1.54, 1.807) is 0 Å². The molecule has 0 aliphatic heterocycles. The van der Waals surface area contributed by atoms with E-state index in [1.165, 1.54) is 6.92 Å². The quantitative estimate of drug-likeness (QED) is 0.832. The van der Waals surface area contributed by atoms with E-state index in [0.29, 0.717) is 0 Å². The van der Waals surface area contributed by atoms with Crippen molar-refractivity contribution in [3.8, 4) is 5.75 Å². The standard InChI is InChI=1S/C9H9BrF3NO/c1-4(14)7-5(9(11,12)13)2-3-6(10)8(7)15/h2-4,15H,14H2,1H3/t4-/m0/s1. The first kappa shape index (κ1) is 12.3. The van der Waals surface area contributed by atoms with E-state index in [4.69, 9.17) is 5.73 Å². The summed E-state index contributed by atoms with van der Waals surface area (Å²) in [6, 6.07) is 1.14. The van der Waals surface area contributed by atoms with E-state index in [9.17, 15) is 18.3 Å². The van der Waals surface area contributed by atoms with Crippen molar-refractivity contribution in [3.05, 3.63) is 27.7 Å². The van der Waals surface area contributed by atoms with E-state index in [-0.39, 0.29) is 10.0 Å². The molecule has 0 bridgehead atoms. The molecule has 0 fully saturated rings. The van der Waals surface area contributed by atoms with Crippen LogP contribution in [-0.2, 0) is 6.18 Å². The van der Waals surface area contributed by atoms with E-state index >= 15 is 0 Å². The van der Waals surface area contributed by atoms with Gasteiger partial charge in [0.05, 0.1) is 10.0 Å². The molecule has 0 aliphatic rings. The highest BCUT2D eigenvalue weighted by molar-refractivity contribution is 9.10. The highest BCUT2D eigenvalue weighted by atomic mass is 79.9. The van der Waals surface area contributed by atoms with Crippen LogP contribution in [0.5, 0.6) is 5.75 Å². The van der Waals surface area contributed by atoms with E-state index in [1.807, 2.05) is 0 Å². The van der Waals surface area contributed by atoms with Crippen LogP contribution in [0.3, 0.4) is 0 Å². The van der Waals surface area contributed by atoms with Crippen molar-refractivity contribution >= 4 is 15.9 Å². The largest absolute Gasteiger partial charge is 0.506 e. The van der Waals surface area contributed by atoms with Crippen molar-refractivity contribution in [2.45, 2.75) is 19.1 Å². The molecule has 1 atom stereocenters. The smallest absolute Gasteiger partial charge is 0.416 e. The number of rotatable bonds is 1. The second-order valence-electron chi connectivity index (χ2n) is 3.14. The van der Waals surface area contributed by atoms with Crippen LogP contribution in [0.15, 0.2) is 16.6 Å². The molecule has 0 unspecified atom stereocenters. The van der Waals surface area contributed by atoms with Gasteiger partial charge in [-0.2, -0.15) is 13.2 Å². The zero-order chi connectivity index (χ0) is 11.8. The number of aromatic hydroxyl groups is 1. The van der Waals surface area contributed by atoms with Gasteiger partial charge in [0.2, 0.25) is 0 Å². The van der Waals surface area contributed by atoms with E-state index in [0.717, 1.165) is 12.1 Å². The summed E-state index contributed by atoms with van der Waals surface area (Å²) in [6.45, 7) is 1.39. The van der Waals surface area contributed by atoms with Gasteiger partial charge in [-0.25, -0.2) is 0 Å². The van der Waals surface area contributed by atoms with Crippen LogP contribution in [0.4, 0.5) is 13.2 Å². The maximum atomic E-state index is 12.5. The third-order valence-corrected chi connectivity index (χ3v) is 2.57. The Hall–Kier alpha value is -0.750. The van der Waals surface area contributed by atoms with Gasteiger partial charge in [0.25, 0.3) is 0 Å². The monoisotopic (exact) mass is 283 g/mol. The third-order valence-electron chi connectivity index (χ3n) is 1.93. The van der Waals surface area contributed by atoms with Crippen molar-refractivity contribution < 1.29 is 18.3 Å². The Morgan fingerprint density at radius 3 is 2.33 bits per heavy atom. The number of nitrogens with two attached hydrogens (primary N) is 1. The second-order valence-corrected chi connectivity index (χ2v) is 4.00. The van der Waals surface area contributed by atoms with Crippen LogP contribution in [0.2, 0.25) is 0 Å². The summed E-state index contributed by atoms with van der Waals surface area (Å²) in [5.74, 6) is -0.458. The average molecular weight is 284 g/mol. The lowest BCUT2D eigenvalue weighted by Crippen LogP contribution is -2.15. The van der Waals surface area contributed by atoms with Crippen LogP contribution in [-0.4, -0.2) is 5.11 Å². The molecule has 0 saturated heterocycles. The molecule has 0 saturated carbocycles. The van der Waals surface area contributed by atoms with E-state index < -0.39 is 23.5 Å². The van der Waals surface area contributed by atoms with Crippen molar-refractivity contribution in [2.24, 2.45) is 5.73 Å². The van der Waals surface area contributed by atoms with Crippen LogP contribution >= 0.6 is 15.9 Å². The van der Waals surface area contributed by atoms with Crippen LogP contribution in [0.25, 0.3) is 0 Å². The zero-order valence-electron chi connectivity index (χ0n) is 7.77. The topological polar surface area (TPSA) is 46.2 Å². The Bertz CT molecular complexity index is 376. The molecule has 0 spiro atoms.